The van der Waals surface area contributed by atoms with Crippen LogP contribution in [0.4, 0.5) is 5.69 Å². The Hall–Kier alpha value is -1.11. The van der Waals surface area contributed by atoms with Crippen LogP contribution >= 0.6 is 0 Å². The van der Waals surface area contributed by atoms with Crippen molar-refractivity contribution in [3.05, 3.63) is 23.8 Å². The fourth-order valence-corrected chi connectivity index (χ4v) is 3.30. The van der Waals surface area contributed by atoms with Gasteiger partial charge in [-0.1, -0.05) is 26.8 Å². The summed E-state index contributed by atoms with van der Waals surface area (Å²) in [6.45, 7) is 9.50. The fraction of sp³-hybridized carbons (Fsp3) is 0.600. The molecule has 0 heterocycles. The predicted octanol–water partition coefficient (Wildman–Crippen LogP) is 1.84. The lowest BCUT2D eigenvalue weighted by molar-refractivity contribution is 0.300. The van der Waals surface area contributed by atoms with E-state index in [0.717, 1.165) is 38.0 Å². The maximum absolute atomic E-state index is 12.2. The van der Waals surface area contributed by atoms with E-state index in [4.69, 9.17) is 5.73 Å². The maximum atomic E-state index is 12.2. The van der Waals surface area contributed by atoms with E-state index < -0.39 is 10.0 Å². The number of aryl methyl sites for hydroxylation is 1. The molecule has 0 amide bonds. The number of hydrogen-bond acceptors (Lipinski definition) is 4. The highest BCUT2D eigenvalue weighted by atomic mass is 32.2. The number of sulfonamides is 1. The second kappa shape index (κ2) is 8.36. The van der Waals surface area contributed by atoms with Crippen LogP contribution in [0.25, 0.3) is 0 Å². The van der Waals surface area contributed by atoms with Gasteiger partial charge in [0.1, 0.15) is 0 Å². The topological polar surface area (TPSA) is 75.4 Å². The molecule has 0 fully saturated rings. The van der Waals surface area contributed by atoms with Crippen LogP contribution in [0.1, 0.15) is 32.8 Å². The summed E-state index contributed by atoms with van der Waals surface area (Å²) in [5.41, 5.74) is 7.36. The summed E-state index contributed by atoms with van der Waals surface area (Å²) in [6.07, 6.45) is 1.59. The first kappa shape index (κ1) is 17.9. The zero-order valence-corrected chi connectivity index (χ0v) is 14.0. The number of nitrogens with two attached hydrogens (primary N) is 1. The molecule has 120 valence electrons. The molecule has 0 radical (unpaired) electrons. The Bertz CT molecular complexity index is 540. The number of nitrogens with one attached hydrogen (secondary N) is 1. The van der Waals surface area contributed by atoms with Crippen molar-refractivity contribution < 1.29 is 8.42 Å². The number of rotatable bonds is 9. The zero-order chi connectivity index (χ0) is 15.9. The highest BCUT2D eigenvalue weighted by Gasteiger charge is 2.14. The first-order valence-electron chi connectivity index (χ1n) is 7.55. The van der Waals surface area contributed by atoms with Crippen molar-refractivity contribution in [1.29, 1.82) is 0 Å². The van der Waals surface area contributed by atoms with Crippen molar-refractivity contribution >= 4 is 15.7 Å². The molecule has 0 saturated heterocycles. The molecule has 3 N–H and O–H groups in total. The molecule has 5 nitrogen and oxygen atoms in total. The SMILES string of the molecule is CCc1ccc(S(=O)(=O)NCCCN(CC)CC)cc1N. The Morgan fingerprint density at radius 2 is 1.86 bits per heavy atom. The molecule has 1 rings (SSSR count). The van der Waals surface area contributed by atoms with Crippen molar-refractivity contribution in [3.8, 4) is 0 Å². The molecule has 0 aromatic heterocycles. The molecular weight excluding hydrogens is 286 g/mol. The lowest BCUT2D eigenvalue weighted by Gasteiger charge is -2.17. The summed E-state index contributed by atoms with van der Waals surface area (Å²) in [7, 11) is -3.47. The average Bonchev–Trinajstić information content (AvgIpc) is 2.47. The van der Waals surface area contributed by atoms with Gasteiger partial charge in [0.25, 0.3) is 0 Å². The van der Waals surface area contributed by atoms with E-state index in [2.05, 4.69) is 23.5 Å². The Morgan fingerprint density at radius 1 is 1.19 bits per heavy atom. The highest BCUT2D eigenvalue weighted by Crippen LogP contribution is 2.18. The van der Waals surface area contributed by atoms with E-state index in [1.807, 2.05) is 6.92 Å². The second-order valence-corrected chi connectivity index (χ2v) is 6.76. The van der Waals surface area contributed by atoms with Crippen molar-refractivity contribution in [2.24, 2.45) is 0 Å². The Kier molecular flexibility index (Phi) is 7.14. The molecular formula is C15H27N3O2S. The van der Waals surface area contributed by atoms with E-state index in [9.17, 15) is 8.42 Å². The molecule has 1 aromatic carbocycles. The van der Waals surface area contributed by atoms with Crippen molar-refractivity contribution in [2.45, 2.75) is 38.5 Å². The quantitative estimate of drug-likeness (QED) is 0.539. The largest absolute Gasteiger partial charge is 0.398 e. The summed E-state index contributed by atoms with van der Waals surface area (Å²) >= 11 is 0. The Balaban J connectivity index is 2.59. The van der Waals surface area contributed by atoms with Crippen LogP contribution in [-0.4, -0.2) is 39.5 Å². The standard InChI is InChI=1S/C15H27N3O2S/c1-4-13-8-9-14(12-15(13)16)21(19,20)17-10-7-11-18(5-2)6-3/h8-9,12,17H,4-7,10-11,16H2,1-3H3. The summed E-state index contributed by atoms with van der Waals surface area (Å²) < 4.78 is 27.0. The third-order valence-corrected chi connectivity index (χ3v) is 5.10. The van der Waals surface area contributed by atoms with Crippen LogP contribution < -0.4 is 10.5 Å². The molecule has 1 aromatic rings. The molecule has 21 heavy (non-hydrogen) atoms. The van der Waals surface area contributed by atoms with Gasteiger partial charge in [0.15, 0.2) is 0 Å². The van der Waals surface area contributed by atoms with Gasteiger partial charge in [-0.15, -0.1) is 0 Å². The van der Waals surface area contributed by atoms with Gasteiger partial charge < -0.3 is 10.6 Å². The molecule has 0 atom stereocenters. The van der Waals surface area contributed by atoms with Crippen LogP contribution in [-0.2, 0) is 16.4 Å². The van der Waals surface area contributed by atoms with Crippen LogP contribution in [0.5, 0.6) is 0 Å². The lowest BCUT2D eigenvalue weighted by Crippen LogP contribution is -2.30. The van der Waals surface area contributed by atoms with Crippen LogP contribution in [0, 0.1) is 0 Å². The van der Waals surface area contributed by atoms with Gasteiger partial charge >= 0.3 is 0 Å². The normalized spacial score (nSPS) is 12.0. The van der Waals surface area contributed by atoms with E-state index >= 15 is 0 Å². The minimum absolute atomic E-state index is 0.236. The molecule has 0 spiro atoms. The first-order chi connectivity index (χ1) is 9.94. The van der Waals surface area contributed by atoms with Crippen LogP contribution in [0.2, 0.25) is 0 Å². The fourth-order valence-electron chi connectivity index (χ4n) is 2.19. The number of benzene rings is 1. The van der Waals surface area contributed by atoms with Crippen molar-refractivity contribution in [1.82, 2.24) is 9.62 Å². The third kappa shape index (κ3) is 5.30. The summed E-state index contributed by atoms with van der Waals surface area (Å²) in [4.78, 5) is 2.50. The molecule has 0 unspecified atom stereocenters. The monoisotopic (exact) mass is 313 g/mol. The second-order valence-electron chi connectivity index (χ2n) is 4.99. The zero-order valence-electron chi connectivity index (χ0n) is 13.2. The molecule has 0 aliphatic rings. The number of nitrogen functional groups attached to an aromatic ring is 1. The minimum Gasteiger partial charge on any atom is -0.398 e. The van der Waals surface area contributed by atoms with Crippen molar-refractivity contribution in [3.63, 3.8) is 0 Å². The molecule has 0 saturated carbocycles. The minimum atomic E-state index is -3.47. The molecule has 0 aliphatic carbocycles. The van der Waals surface area contributed by atoms with Gasteiger partial charge in [0, 0.05) is 12.2 Å². The summed E-state index contributed by atoms with van der Waals surface area (Å²) in [5, 5.41) is 0. The van der Waals surface area contributed by atoms with Crippen LogP contribution in [0.15, 0.2) is 23.1 Å². The van der Waals surface area contributed by atoms with Crippen LogP contribution in [0.3, 0.4) is 0 Å². The number of hydrogen-bond donors (Lipinski definition) is 2. The highest BCUT2D eigenvalue weighted by molar-refractivity contribution is 7.89. The summed E-state index contributed by atoms with van der Waals surface area (Å²) in [6, 6.07) is 4.92. The predicted molar refractivity (Wildman–Crippen MR) is 87.8 cm³/mol. The van der Waals surface area contributed by atoms with E-state index in [1.165, 1.54) is 6.07 Å². The van der Waals surface area contributed by atoms with E-state index in [1.54, 1.807) is 12.1 Å². The van der Waals surface area contributed by atoms with E-state index in [0.29, 0.717) is 12.2 Å². The molecule has 6 heteroatoms. The van der Waals surface area contributed by atoms with Gasteiger partial charge in [0.2, 0.25) is 10.0 Å². The number of nitrogens with zero attached hydrogens (tertiary/aromatic N) is 1. The van der Waals surface area contributed by atoms with Crippen molar-refractivity contribution in [2.75, 3.05) is 31.9 Å². The third-order valence-electron chi connectivity index (χ3n) is 3.65. The van der Waals surface area contributed by atoms with Gasteiger partial charge in [-0.3, -0.25) is 0 Å². The van der Waals surface area contributed by atoms with Gasteiger partial charge in [0.05, 0.1) is 4.90 Å². The number of anilines is 1. The maximum Gasteiger partial charge on any atom is 0.240 e. The molecule has 0 aliphatic heterocycles. The Morgan fingerprint density at radius 3 is 2.38 bits per heavy atom. The Labute approximate surface area is 128 Å². The smallest absolute Gasteiger partial charge is 0.240 e. The van der Waals surface area contributed by atoms with Gasteiger partial charge in [-0.25, -0.2) is 13.1 Å². The van der Waals surface area contributed by atoms with E-state index in [-0.39, 0.29) is 4.90 Å². The van der Waals surface area contributed by atoms with Gasteiger partial charge in [-0.05, 0) is 50.2 Å². The summed E-state index contributed by atoms with van der Waals surface area (Å²) in [5.74, 6) is 0. The average molecular weight is 313 g/mol. The first-order valence-corrected chi connectivity index (χ1v) is 9.03. The molecule has 0 bridgehead atoms. The lowest BCUT2D eigenvalue weighted by atomic mass is 10.1. The van der Waals surface area contributed by atoms with Gasteiger partial charge in [-0.2, -0.15) is 0 Å².